The average molecular weight is 222 g/mol. The van der Waals surface area contributed by atoms with Crippen molar-refractivity contribution in [2.45, 2.75) is 12.5 Å². The maximum Gasteiger partial charge on any atom is 0.241 e. The van der Waals surface area contributed by atoms with E-state index in [1.165, 1.54) is 0 Å². The lowest BCUT2D eigenvalue weighted by Gasteiger charge is -2.20. The molecule has 0 fully saturated rings. The van der Waals surface area contributed by atoms with Crippen molar-refractivity contribution >= 4 is 11.6 Å². The minimum Gasteiger partial charge on any atom is -0.497 e. The van der Waals surface area contributed by atoms with Crippen molar-refractivity contribution in [3.63, 3.8) is 0 Å². The highest BCUT2D eigenvalue weighted by Crippen LogP contribution is 2.30. The van der Waals surface area contributed by atoms with Gasteiger partial charge in [0.05, 0.1) is 25.4 Å². The molecule has 1 atom stereocenters. The first kappa shape index (κ1) is 10.8. The van der Waals surface area contributed by atoms with Crippen molar-refractivity contribution in [3.05, 3.63) is 18.2 Å². The van der Waals surface area contributed by atoms with Crippen molar-refractivity contribution < 1.29 is 14.3 Å². The molecular formula is C11H14N2O3. The lowest BCUT2D eigenvalue weighted by atomic mass is 10.2. The van der Waals surface area contributed by atoms with Gasteiger partial charge in [0.15, 0.2) is 0 Å². The van der Waals surface area contributed by atoms with Crippen molar-refractivity contribution in [1.82, 2.24) is 0 Å². The van der Waals surface area contributed by atoms with Crippen LogP contribution in [0.5, 0.6) is 11.5 Å². The number of hydrogen-bond acceptors (Lipinski definition) is 4. The average Bonchev–Trinajstić information content (AvgIpc) is 2.29. The molecule has 1 heterocycles. The molecule has 0 aliphatic carbocycles. The summed E-state index contributed by atoms with van der Waals surface area (Å²) in [7, 11) is 1.58. The molecule has 0 spiro atoms. The molecule has 0 saturated carbocycles. The fourth-order valence-corrected chi connectivity index (χ4v) is 1.50. The number of fused-ring (bicyclic) bond motifs is 1. The molecule has 0 bridgehead atoms. The number of anilines is 1. The summed E-state index contributed by atoms with van der Waals surface area (Å²) < 4.78 is 10.6. The highest BCUT2D eigenvalue weighted by molar-refractivity contribution is 5.96. The summed E-state index contributed by atoms with van der Waals surface area (Å²) in [5.41, 5.74) is 6.27. The summed E-state index contributed by atoms with van der Waals surface area (Å²) in [5, 5.41) is 2.72. The third-order valence-electron chi connectivity index (χ3n) is 2.47. The Morgan fingerprint density at radius 1 is 1.56 bits per heavy atom. The second-order valence-corrected chi connectivity index (χ2v) is 3.59. The molecule has 5 heteroatoms. The molecular weight excluding hydrogens is 208 g/mol. The van der Waals surface area contributed by atoms with Gasteiger partial charge in [0.1, 0.15) is 11.5 Å². The van der Waals surface area contributed by atoms with Crippen LogP contribution in [0.1, 0.15) is 6.42 Å². The van der Waals surface area contributed by atoms with Crippen LogP contribution in [-0.4, -0.2) is 25.7 Å². The quantitative estimate of drug-likeness (QED) is 0.735. The lowest BCUT2D eigenvalue weighted by Crippen LogP contribution is -2.38. The van der Waals surface area contributed by atoms with E-state index in [4.69, 9.17) is 15.2 Å². The van der Waals surface area contributed by atoms with Crippen LogP contribution >= 0.6 is 0 Å². The zero-order valence-electron chi connectivity index (χ0n) is 9.03. The predicted octanol–water partition coefficient (Wildman–Crippen LogP) is 0.743. The number of benzene rings is 1. The molecule has 1 unspecified atom stereocenters. The van der Waals surface area contributed by atoms with Gasteiger partial charge in [0.25, 0.3) is 0 Å². The van der Waals surface area contributed by atoms with E-state index in [0.717, 1.165) is 0 Å². The number of methoxy groups -OCH3 is 1. The molecule has 0 aromatic heterocycles. The first-order valence-corrected chi connectivity index (χ1v) is 5.08. The van der Waals surface area contributed by atoms with E-state index in [1.54, 1.807) is 25.3 Å². The number of carbonyl (C=O) groups excluding carboxylic acids is 1. The lowest BCUT2D eigenvalue weighted by molar-refractivity contribution is -0.117. The van der Waals surface area contributed by atoms with E-state index in [1.807, 2.05) is 0 Å². The van der Waals surface area contributed by atoms with Gasteiger partial charge in [-0.2, -0.15) is 0 Å². The van der Waals surface area contributed by atoms with E-state index in [0.29, 0.717) is 30.2 Å². The van der Waals surface area contributed by atoms with E-state index < -0.39 is 6.04 Å². The van der Waals surface area contributed by atoms with Crippen LogP contribution in [0.3, 0.4) is 0 Å². The number of nitrogens with one attached hydrogen (secondary N) is 1. The van der Waals surface area contributed by atoms with Gasteiger partial charge in [0, 0.05) is 12.5 Å². The number of hydrogen-bond donors (Lipinski definition) is 2. The number of nitrogens with two attached hydrogens (primary N) is 1. The van der Waals surface area contributed by atoms with Gasteiger partial charge in [-0.15, -0.1) is 0 Å². The standard InChI is InChI=1S/C11H14N2O3/c1-15-7-2-3-9-10(6-7)16-5-4-8(12)11(14)13-9/h2-3,6,8H,4-5,12H2,1H3,(H,13,14). The van der Waals surface area contributed by atoms with Crippen molar-refractivity contribution in [3.8, 4) is 11.5 Å². The largest absolute Gasteiger partial charge is 0.497 e. The Labute approximate surface area is 93.5 Å². The Bertz CT molecular complexity index is 406. The van der Waals surface area contributed by atoms with E-state index in [2.05, 4.69) is 5.32 Å². The molecule has 16 heavy (non-hydrogen) atoms. The molecule has 0 saturated heterocycles. The maximum atomic E-state index is 11.6. The van der Waals surface area contributed by atoms with Gasteiger partial charge >= 0.3 is 0 Å². The number of rotatable bonds is 1. The Hall–Kier alpha value is -1.75. The summed E-state index contributed by atoms with van der Waals surface area (Å²) in [4.78, 5) is 11.6. The Morgan fingerprint density at radius 2 is 2.38 bits per heavy atom. The first-order chi connectivity index (χ1) is 7.70. The molecule has 5 nitrogen and oxygen atoms in total. The molecule has 1 aliphatic heterocycles. The number of ether oxygens (including phenoxy) is 2. The number of carbonyl (C=O) groups is 1. The van der Waals surface area contributed by atoms with E-state index in [9.17, 15) is 4.79 Å². The summed E-state index contributed by atoms with van der Waals surface area (Å²) in [6, 6.07) is 4.72. The molecule has 1 aromatic carbocycles. The topological polar surface area (TPSA) is 73.6 Å². The third-order valence-corrected chi connectivity index (χ3v) is 2.47. The van der Waals surface area contributed by atoms with Gasteiger partial charge in [-0.25, -0.2) is 0 Å². The Balaban J connectivity index is 2.31. The van der Waals surface area contributed by atoms with Gasteiger partial charge < -0.3 is 20.5 Å². The van der Waals surface area contributed by atoms with Crippen LogP contribution in [0.25, 0.3) is 0 Å². The summed E-state index contributed by atoms with van der Waals surface area (Å²) in [6.45, 7) is 0.425. The summed E-state index contributed by atoms with van der Waals surface area (Å²) in [5.74, 6) is 1.12. The second kappa shape index (κ2) is 4.40. The van der Waals surface area contributed by atoms with Crippen LogP contribution in [-0.2, 0) is 4.79 Å². The molecule has 86 valence electrons. The summed E-state index contributed by atoms with van der Waals surface area (Å²) >= 11 is 0. The maximum absolute atomic E-state index is 11.6. The zero-order valence-corrected chi connectivity index (χ0v) is 9.03. The normalized spacial score (nSPS) is 19.9. The van der Waals surface area contributed by atoms with Gasteiger partial charge in [-0.3, -0.25) is 4.79 Å². The van der Waals surface area contributed by atoms with Crippen LogP contribution in [0.15, 0.2) is 18.2 Å². The fourth-order valence-electron chi connectivity index (χ4n) is 1.50. The highest BCUT2D eigenvalue weighted by atomic mass is 16.5. The van der Waals surface area contributed by atoms with Gasteiger partial charge in [-0.1, -0.05) is 0 Å². The minimum atomic E-state index is -0.518. The van der Waals surface area contributed by atoms with Crippen molar-refractivity contribution in [2.24, 2.45) is 5.73 Å². The van der Waals surface area contributed by atoms with Crippen LogP contribution in [0.4, 0.5) is 5.69 Å². The van der Waals surface area contributed by atoms with Crippen molar-refractivity contribution in [2.75, 3.05) is 19.0 Å². The molecule has 0 radical (unpaired) electrons. The van der Waals surface area contributed by atoms with Crippen LogP contribution in [0, 0.1) is 0 Å². The zero-order chi connectivity index (χ0) is 11.5. The Morgan fingerprint density at radius 3 is 3.12 bits per heavy atom. The van der Waals surface area contributed by atoms with Gasteiger partial charge in [-0.05, 0) is 12.1 Å². The molecule has 2 rings (SSSR count). The van der Waals surface area contributed by atoms with E-state index >= 15 is 0 Å². The van der Waals surface area contributed by atoms with Gasteiger partial charge in [0.2, 0.25) is 5.91 Å². The number of amides is 1. The first-order valence-electron chi connectivity index (χ1n) is 5.08. The monoisotopic (exact) mass is 222 g/mol. The molecule has 1 aliphatic rings. The third kappa shape index (κ3) is 2.09. The van der Waals surface area contributed by atoms with Crippen LogP contribution in [0.2, 0.25) is 0 Å². The van der Waals surface area contributed by atoms with E-state index in [-0.39, 0.29) is 5.91 Å². The molecule has 3 N–H and O–H groups in total. The predicted molar refractivity (Wildman–Crippen MR) is 59.7 cm³/mol. The summed E-state index contributed by atoms with van der Waals surface area (Å²) in [6.07, 6.45) is 0.502. The molecule has 1 amide bonds. The van der Waals surface area contributed by atoms with Crippen LogP contribution < -0.4 is 20.5 Å². The SMILES string of the molecule is COc1ccc2c(c1)OCCC(N)C(=O)N2. The fraction of sp³-hybridized carbons (Fsp3) is 0.364. The highest BCUT2D eigenvalue weighted by Gasteiger charge is 2.19. The van der Waals surface area contributed by atoms with Crippen molar-refractivity contribution in [1.29, 1.82) is 0 Å². The minimum absolute atomic E-state index is 0.185. The second-order valence-electron chi connectivity index (χ2n) is 3.59. The molecule has 1 aromatic rings. The Kier molecular flexibility index (Phi) is 2.96. The smallest absolute Gasteiger partial charge is 0.241 e.